The number of nitrogens with zero attached hydrogens (tertiary/aromatic N) is 1. The van der Waals surface area contributed by atoms with Crippen molar-refractivity contribution >= 4 is 17.5 Å². The summed E-state index contributed by atoms with van der Waals surface area (Å²) in [5.41, 5.74) is 0.472. The van der Waals surface area contributed by atoms with Crippen LogP contribution >= 0.6 is 11.5 Å². The molecule has 1 aromatic heterocycles. The summed E-state index contributed by atoms with van der Waals surface area (Å²) in [4.78, 5) is 10.5. The number of methoxy groups -OCH3 is 2. The second-order valence-electron chi connectivity index (χ2n) is 2.72. The van der Waals surface area contributed by atoms with Crippen molar-refractivity contribution in [2.75, 3.05) is 14.2 Å². The van der Waals surface area contributed by atoms with Crippen molar-refractivity contribution in [3.8, 4) is 10.9 Å². The van der Waals surface area contributed by atoms with Crippen molar-refractivity contribution in [2.45, 2.75) is 12.5 Å². The molecule has 6 nitrogen and oxygen atoms in total. The molecule has 0 aromatic carbocycles. The Morgan fingerprint density at radius 3 is 2.67 bits per heavy atom. The Morgan fingerprint density at radius 2 is 2.20 bits per heavy atom. The van der Waals surface area contributed by atoms with Crippen molar-refractivity contribution in [1.82, 2.24) is 4.37 Å². The molecular weight excluding hydrogens is 222 g/mol. The summed E-state index contributed by atoms with van der Waals surface area (Å²) in [5.74, 6) is -0.998. The topological polar surface area (TPSA) is 88.9 Å². The van der Waals surface area contributed by atoms with Crippen molar-refractivity contribution in [3.05, 3.63) is 5.56 Å². The van der Waals surface area contributed by atoms with E-state index in [9.17, 15) is 9.90 Å². The van der Waals surface area contributed by atoms with Gasteiger partial charge in [-0.25, -0.2) is 4.79 Å². The van der Waals surface area contributed by atoms with Gasteiger partial charge in [-0.2, -0.15) is 4.37 Å². The summed E-state index contributed by atoms with van der Waals surface area (Å²) in [6.07, 6.45) is -1.57. The average Bonchev–Trinajstić information content (AvgIpc) is 2.59. The molecule has 0 amide bonds. The smallest absolute Gasteiger partial charge is 0.332 e. The van der Waals surface area contributed by atoms with Crippen LogP contribution in [0.15, 0.2) is 0 Å². The minimum Gasteiger partial charge on any atom is -0.486 e. The molecule has 1 atom stereocenters. The number of aromatic nitrogens is 1. The summed E-state index contributed by atoms with van der Waals surface area (Å²) in [6.45, 7) is 0. The molecule has 7 heteroatoms. The van der Waals surface area contributed by atoms with E-state index in [1.165, 1.54) is 14.2 Å². The molecule has 0 aliphatic carbocycles. The average molecular weight is 233 g/mol. The van der Waals surface area contributed by atoms with Crippen molar-refractivity contribution in [3.63, 3.8) is 0 Å². The Morgan fingerprint density at radius 1 is 1.53 bits per heavy atom. The number of aliphatic carboxylic acids is 1. The molecule has 0 saturated heterocycles. The largest absolute Gasteiger partial charge is 0.486 e. The van der Waals surface area contributed by atoms with Crippen LogP contribution in [0.1, 0.15) is 5.56 Å². The number of aliphatic hydroxyl groups is 1. The molecular formula is C8H11NO5S. The molecule has 0 bridgehead atoms. The molecule has 0 radical (unpaired) electrons. The monoisotopic (exact) mass is 233 g/mol. The van der Waals surface area contributed by atoms with Crippen molar-refractivity contribution in [2.24, 2.45) is 0 Å². The van der Waals surface area contributed by atoms with Crippen LogP contribution in [0.25, 0.3) is 0 Å². The lowest BCUT2D eigenvalue weighted by Gasteiger charge is -2.06. The first kappa shape index (κ1) is 11.7. The minimum absolute atomic E-state index is 0.0851. The standard InChI is InChI=1S/C8H11NO5S/c1-13-6-4(3-5(10)7(11)12)8(14-2)15-9-6/h5,10H,3H2,1-2H3,(H,11,12). The quantitative estimate of drug-likeness (QED) is 0.752. The Kier molecular flexibility index (Phi) is 3.87. The highest BCUT2D eigenvalue weighted by Gasteiger charge is 2.22. The molecule has 84 valence electrons. The molecule has 1 rings (SSSR count). The second kappa shape index (κ2) is 4.94. The molecule has 0 fully saturated rings. The molecule has 0 spiro atoms. The van der Waals surface area contributed by atoms with Crippen LogP contribution in [-0.2, 0) is 11.2 Å². The fourth-order valence-electron chi connectivity index (χ4n) is 1.05. The molecule has 15 heavy (non-hydrogen) atoms. The number of hydrogen-bond acceptors (Lipinski definition) is 6. The van der Waals surface area contributed by atoms with E-state index in [1.54, 1.807) is 0 Å². The fraction of sp³-hybridized carbons (Fsp3) is 0.500. The number of carboxylic acids is 1. The lowest BCUT2D eigenvalue weighted by atomic mass is 10.1. The normalized spacial score (nSPS) is 12.2. The number of hydrogen-bond donors (Lipinski definition) is 2. The molecule has 1 heterocycles. The molecule has 0 aliphatic rings. The Hall–Kier alpha value is -1.34. The van der Waals surface area contributed by atoms with Crippen LogP contribution in [0.3, 0.4) is 0 Å². The van der Waals surface area contributed by atoms with Crippen LogP contribution in [0.5, 0.6) is 10.9 Å². The van der Waals surface area contributed by atoms with Crippen LogP contribution in [0, 0.1) is 0 Å². The summed E-state index contributed by atoms with van der Waals surface area (Å²) >= 11 is 1.05. The van der Waals surface area contributed by atoms with Gasteiger partial charge in [0.1, 0.15) is 0 Å². The Labute approximate surface area is 90.2 Å². The molecule has 1 unspecified atom stereocenters. The van der Waals surface area contributed by atoms with Gasteiger partial charge in [0.25, 0.3) is 0 Å². The maximum Gasteiger partial charge on any atom is 0.332 e. The third kappa shape index (κ3) is 2.57. The van der Waals surface area contributed by atoms with E-state index in [1.807, 2.05) is 0 Å². The van der Waals surface area contributed by atoms with E-state index in [4.69, 9.17) is 14.6 Å². The molecule has 0 saturated carbocycles. The molecule has 0 aliphatic heterocycles. The van der Waals surface area contributed by atoms with E-state index in [-0.39, 0.29) is 12.3 Å². The highest BCUT2D eigenvalue weighted by molar-refractivity contribution is 7.08. The third-order valence-electron chi connectivity index (χ3n) is 1.78. The van der Waals surface area contributed by atoms with Gasteiger partial charge < -0.3 is 19.7 Å². The third-order valence-corrected chi connectivity index (χ3v) is 2.61. The van der Waals surface area contributed by atoms with Crippen LogP contribution in [-0.4, -0.2) is 40.9 Å². The van der Waals surface area contributed by atoms with Gasteiger partial charge in [0.15, 0.2) is 11.2 Å². The summed E-state index contributed by atoms with van der Waals surface area (Å²) in [6, 6.07) is 0. The van der Waals surface area contributed by atoms with E-state index in [0.717, 1.165) is 11.5 Å². The lowest BCUT2D eigenvalue weighted by molar-refractivity contribution is -0.146. The van der Waals surface area contributed by atoms with Gasteiger partial charge in [-0.05, 0) is 0 Å². The highest BCUT2D eigenvalue weighted by Crippen LogP contribution is 2.33. The van der Waals surface area contributed by atoms with Gasteiger partial charge in [0, 0.05) is 18.0 Å². The van der Waals surface area contributed by atoms with Crippen molar-refractivity contribution in [1.29, 1.82) is 0 Å². The first-order valence-corrected chi connectivity index (χ1v) is 4.84. The SMILES string of the molecule is COc1nsc(OC)c1CC(O)C(=O)O. The number of rotatable bonds is 5. The van der Waals surface area contributed by atoms with E-state index >= 15 is 0 Å². The van der Waals surface area contributed by atoms with Gasteiger partial charge in [-0.1, -0.05) is 0 Å². The summed E-state index contributed by atoms with van der Waals surface area (Å²) in [7, 11) is 2.87. The Bertz CT molecular complexity index is 329. The van der Waals surface area contributed by atoms with E-state index in [2.05, 4.69) is 4.37 Å². The number of carbonyl (C=O) groups is 1. The van der Waals surface area contributed by atoms with Gasteiger partial charge >= 0.3 is 5.97 Å². The fourth-order valence-corrected chi connectivity index (χ4v) is 1.76. The van der Waals surface area contributed by atoms with Gasteiger partial charge in [-0.3, -0.25) is 0 Å². The first-order valence-electron chi connectivity index (χ1n) is 4.07. The second-order valence-corrected chi connectivity index (χ2v) is 3.46. The predicted molar refractivity (Wildman–Crippen MR) is 52.6 cm³/mol. The van der Waals surface area contributed by atoms with Crippen LogP contribution in [0.4, 0.5) is 0 Å². The van der Waals surface area contributed by atoms with E-state index in [0.29, 0.717) is 10.6 Å². The molecule has 2 N–H and O–H groups in total. The van der Waals surface area contributed by atoms with Gasteiger partial charge in [-0.15, -0.1) is 0 Å². The number of carboxylic acid groups (broad SMARTS) is 1. The molecule has 1 aromatic rings. The zero-order valence-electron chi connectivity index (χ0n) is 8.26. The van der Waals surface area contributed by atoms with E-state index < -0.39 is 12.1 Å². The van der Waals surface area contributed by atoms with Crippen LogP contribution < -0.4 is 9.47 Å². The summed E-state index contributed by atoms with van der Waals surface area (Å²) < 4.78 is 13.8. The highest BCUT2D eigenvalue weighted by atomic mass is 32.1. The minimum atomic E-state index is -1.48. The first-order chi connectivity index (χ1) is 7.10. The predicted octanol–water partition coefficient (Wildman–Crippen LogP) is 0.148. The lowest BCUT2D eigenvalue weighted by Crippen LogP contribution is -2.22. The van der Waals surface area contributed by atoms with Crippen LogP contribution in [0.2, 0.25) is 0 Å². The summed E-state index contributed by atoms with van der Waals surface area (Å²) in [5, 5.41) is 18.2. The van der Waals surface area contributed by atoms with Crippen molar-refractivity contribution < 1.29 is 24.5 Å². The van der Waals surface area contributed by atoms with Gasteiger partial charge in [0.2, 0.25) is 5.88 Å². The Balaban J connectivity index is 2.90. The number of aliphatic hydroxyl groups excluding tert-OH is 1. The van der Waals surface area contributed by atoms with Gasteiger partial charge in [0.05, 0.1) is 19.8 Å². The maximum absolute atomic E-state index is 10.5. The maximum atomic E-state index is 10.5. The number of ether oxygens (including phenoxy) is 2. The zero-order valence-corrected chi connectivity index (χ0v) is 9.08. The zero-order chi connectivity index (χ0) is 11.4.